The summed E-state index contributed by atoms with van der Waals surface area (Å²) >= 11 is 0. The molecule has 2 heterocycles. The van der Waals surface area contributed by atoms with Crippen molar-refractivity contribution in [2.24, 2.45) is 5.92 Å². The van der Waals surface area contributed by atoms with E-state index in [1.54, 1.807) is 12.1 Å². The highest BCUT2D eigenvalue weighted by Gasteiger charge is 2.31. The van der Waals surface area contributed by atoms with Gasteiger partial charge in [0.15, 0.2) is 11.5 Å². The number of nitrogens with zero attached hydrogens (tertiary/aromatic N) is 1. The van der Waals surface area contributed by atoms with E-state index < -0.39 is 0 Å². The molecule has 40 heavy (non-hydrogen) atoms. The highest BCUT2D eigenvalue weighted by molar-refractivity contribution is 6.00. The number of hydrogen-bond donors (Lipinski definition) is 1. The number of likely N-dealkylation sites (tertiary alicyclic amines) is 1. The molecule has 1 aliphatic carbocycles. The van der Waals surface area contributed by atoms with E-state index in [0.29, 0.717) is 19.1 Å². The van der Waals surface area contributed by atoms with E-state index in [0.717, 1.165) is 65.4 Å². The summed E-state index contributed by atoms with van der Waals surface area (Å²) < 4.78 is 22.9. The average Bonchev–Trinajstić information content (AvgIpc) is 3.44. The maximum atomic E-state index is 11.7. The van der Waals surface area contributed by atoms with Crippen LogP contribution in [0.1, 0.15) is 49.3 Å². The van der Waals surface area contributed by atoms with Gasteiger partial charge in [0.2, 0.25) is 6.79 Å². The number of fused-ring (bicyclic) bond motifs is 1. The topological polar surface area (TPSA) is 77.5 Å². The van der Waals surface area contributed by atoms with Gasteiger partial charge in [-0.3, -0.25) is 9.69 Å². The van der Waals surface area contributed by atoms with Crippen LogP contribution in [0.2, 0.25) is 0 Å². The number of benzene rings is 3. The summed E-state index contributed by atoms with van der Waals surface area (Å²) in [5.74, 6) is 2.64. The molecular formula is C33H35NO6. The highest BCUT2D eigenvalue weighted by Crippen LogP contribution is 2.49. The van der Waals surface area contributed by atoms with Crippen molar-refractivity contribution in [2.75, 3.05) is 33.0 Å². The second kappa shape index (κ2) is 11.6. The van der Waals surface area contributed by atoms with Crippen molar-refractivity contribution in [1.82, 2.24) is 4.90 Å². The molecule has 0 aromatic heterocycles. The number of aromatic hydroxyl groups is 1. The van der Waals surface area contributed by atoms with Gasteiger partial charge in [-0.25, -0.2) is 0 Å². The molecule has 3 aromatic carbocycles. The molecule has 1 N–H and O–H groups in total. The number of carbonyl (C=O) groups excluding carboxylic acids is 1. The monoisotopic (exact) mass is 541 g/mol. The van der Waals surface area contributed by atoms with Gasteiger partial charge in [-0.05, 0) is 109 Å². The van der Waals surface area contributed by atoms with Crippen LogP contribution in [0.25, 0.3) is 11.1 Å². The predicted molar refractivity (Wildman–Crippen MR) is 152 cm³/mol. The Morgan fingerprint density at radius 2 is 1.57 bits per heavy atom. The smallest absolute Gasteiger partial charge is 0.303 e. The minimum atomic E-state index is -0.310. The van der Waals surface area contributed by atoms with Gasteiger partial charge in [0, 0.05) is 13.5 Å². The Hall–Kier alpha value is -3.97. The van der Waals surface area contributed by atoms with Crippen LogP contribution in [0, 0.1) is 5.92 Å². The van der Waals surface area contributed by atoms with Crippen molar-refractivity contribution in [2.45, 2.75) is 38.7 Å². The number of allylic oxidation sites excluding steroid dienone is 1. The van der Waals surface area contributed by atoms with Crippen molar-refractivity contribution in [3.05, 3.63) is 83.4 Å². The minimum absolute atomic E-state index is 0.235. The van der Waals surface area contributed by atoms with E-state index in [2.05, 4.69) is 29.2 Å². The van der Waals surface area contributed by atoms with Gasteiger partial charge in [0.25, 0.3) is 0 Å². The van der Waals surface area contributed by atoms with Gasteiger partial charge in [0.05, 0.1) is 0 Å². The molecule has 0 spiro atoms. The molecule has 7 heteroatoms. The summed E-state index contributed by atoms with van der Waals surface area (Å²) in [6.45, 7) is 4.74. The molecule has 1 saturated carbocycles. The maximum Gasteiger partial charge on any atom is 0.303 e. The average molecular weight is 542 g/mol. The summed E-state index contributed by atoms with van der Waals surface area (Å²) in [7, 11) is 0. The summed E-state index contributed by atoms with van der Waals surface area (Å²) in [5.41, 5.74) is 5.59. The van der Waals surface area contributed by atoms with E-state index in [9.17, 15) is 9.90 Å². The third-order valence-corrected chi connectivity index (χ3v) is 7.67. The summed E-state index contributed by atoms with van der Waals surface area (Å²) in [4.78, 5) is 14.0. The molecule has 0 amide bonds. The first kappa shape index (κ1) is 26.3. The SMILES string of the molecule is CC(=O)OC(COc1ccc(C(=C(c2ccc3c(c2)OCO3)C2CC2)c2ccc(O)cc2)cc1)CN1CCCC1. The van der Waals surface area contributed by atoms with Crippen LogP contribution in [0.15, 0.2) is 66.7 Å². The van der Waals surface area contributed by atoms with Crippen molar-refractivity contribution >= 4 is 17.1 Å². The summed E-state index contributed by atoms with van der Waals surface area (Å²) in [6.07, 6.45) is 4.31. The molecular weight excluding hydrogens is 506 g/mol. The third kappa shape index (κ3) is 6.10. The van der Waals surface area contributed by atoms with Gasteiger partial charge in [-0.15, -0.1) is 0 Å². The van der Waals surface area contributed by atoms with E-state index >= 15 is 0 Å². The zero-order chi connectivity index (χ0) is 27.5. The Labute approximate surface area is 234 Å². The quantitative estimate of drug-likeness (QED) is 0.253. The normalized spacial score (nSPS) is 17.8. The minimum Gasteiger partial charge on any atom is -0.508 e. The summed E-state index contributed by atoms with van der Waals surface area (Å²) in [5, 5.41) is 9.98. The fourth-order valence-electron chi connectivity index (χ4n) is 5.64. The number of hydrogen-bond acceptors (Lipinski definition) is 7. The lowest BCUT2D eigenvalue weighted by atomic mass is 9.87. The zero-order valence-corrected chi connectivity index (χ0v) is 22.8. The van der Waals surface area contributed by atoms with E-state index in [4.69, 9.17) is 18.9 Å². The van der Waals surface area contributed by atoms with E-state index in [1.165, 1.54) is 25.3 Å². The summed E-state index contributed by atoms with van der Waals surface area (Å²) in [6, 6.07) is 21.6. The number of phenolic OH excluding ortho intramolecular Hbond substituents is 1. The molecule has 3 aromatic rings. The number of esters is 1. The fourth-order valence-corrected chi connectivity index (χ4v) is 5.64. The van der Waals surface area contributed by atoms with Crippen LogP contribution >= 0.6 is 0 Å². The van der Waals surface area contributed by atoms with Gasteiger partial charge < -0.3 is 24.1 Å². The zero-order valence-electron chi connectivity index (χ0n) is 22.8. The lowest BCUT2D eigenvalue weighted by Gasteiger charge is -2.23. The predicted octanol–water partition coefficient (Wildman–Crippen LogP) is 5.90. The highest BCUT2D eigenvalue weighted by atomic mass is 16.7. The molecule has 7 nitrogen and oxygen atoms in total. The molecule has 2 aliphatic heterocycles. The van der Waals surface area contributed by atoms with Gasteiger partial charge >= 0.3 is 5.97 Å². The van der Waals surface area contributed by atoms with Crippen molar-refractivity contribution in [3.8, 4) is 23.0 Å². The van der Waals surface area contributed by atoms with Crippen LogP contribution in [0.5, 0.6) is 23.0 Å². The first-order valence-electron chi connectivity index (χ1n) is 14.1. The molecule has 0 radical (unpaired) electrons. The Morgan fingerprint density at radius 3 is 2.25 bits per heavy atom. The van der Waals surface area contributed by atoms with Crippen LogP contribution in [-0.2, 0) is 9.53 Å². The largest absolute Gasteiger partial charge is 0.508 e. The first-order valence-corrected chi connectivity index (χ1v) is 14.1. The molecule has 1 unspecified atom stereocenters. The second-order valence-electron chi connectivity index (χ2n) is 10.8. The van der Waals surface area contributed by atoms with Crippen molar-refractivity contribution < 1.29 is 28.8 Å². The number of rotatable bonds is 10. The molecule has 1 saturated heterocycles. The van der Waals surface area contributed by atoms with Crippen LogP contribution < -0.4 is 14.2 Å². The first-order chi connectivity index (χ1) is 19.5. The Kier molecular flexibility index (Phi) is 7.64. The maximum absolute atomic E-state index is 11.7. The van der Waals surface area contributed by atoms with Crippen molar-refractivity contribution in [1.29, 1.82) is 0 Å². The number of phenols is 1. The van der Waals surface area contributed by atoms with Gasteiger partial charge in [0.1, 0.15) is 24.2 Å². The van der Waals surface area contributed by atoms with Crippen molar-refractivity contribution in [3.63, 3.8) is 0 Å². The molecule has 0 bridgehead atoms. The Balaban J connectivity index is 1.29. The second-order valence-corrected chi connectivity index (χ2v) is 10.8. The standard InChI is InChI=1S/C33H35NO6/c1-22(35)40-29(19-34-16-2-3-17-34)20-37-28-13-8-25(9-14-28)32(24-6-11-27(36)12-7-24)33(23-4-5-23)26-10-15-30-31(18-26)39-21-38-30/h6-15,18,23,29,36H,2-5,16-17,19-21H2,1H3. The Bertz CT molecular complexity index is 1370. The lowest BCUT2D eigenvalue weighted by Crippen LogP contribution is -2.36. The fraction of sp³-hybridized carbons (Fsp3) is 0.364. The lowest BCUT2D eigenvalue weighted by molar-refractivity contribution is -0.148. The number of ether oxygens (including phenoxy) is 4. The molecule has 208 valence electrons. The van der Waals surface area contributed by atoms with Crippen LogP contribution in [-0.4, -0.2) is 55.1 Å². The number of carbonyl (C=O) groups is 1. The van der Waals surface area contributed by atoms with Gasteiger partial charge in [-0.1, -0.05) is 30.3 Å². The third-order valence-electron chi connectivity index (χ3n) is 7.67. The van der Waals surface area contributed by atoms with Gasteiger partial charge in [-0.2, -0.15) is 0 Å². The van der Waals surface area contributed by atoms with Crippen LogP contribution in [0.4, 0.5) is 0 Å². The molecule has 6 rings (SSSR count). The van der Waals surface area contributed by atoms with E-state index in [-0.39, 0.29) is 24.6 Å². The Morgan fingerprint density at radius 1 is 0.925 bits per heavy atom. The molecule has 1 atom stereocenters. The van der Waals surface area contributed by atoms with Crippen LogP contribution in [0.3, 0.4) is 0 Å². The van der Waals surface area contributed by atoms with E-state index in [1.807, 2.05) is 30.3 Å². The molecule has 2 fully saturated rings. The molecule has 3 aliphatic rings.